The van der Waals surface area contributed by atoms with Crippen molar-refractivity contribution < 1.29 is 102 Å². The van der Waals surface area contributed by atoms with Gasteiger partial charge >= 0.3 is 29.6 Å². The zero-order valence-corrected chi connectivity index (χ0v) is 17.9. The average Bonchev–Trinajstić information content (AvgIpc) is 2.85. The molecule has 9 atom stereocenters. The minimum Gasteiger partial charge on any atom is -0.726 e. The SMILES string of the molecule is O=S(=O)([O-])O.OC[C@H]1O[C@](CO)(O[C@H]2C(O)O[C@H](CO)[C@@H](O)[C@@H]2O)[C@@H](O)[C@@H]1O.[Na+]. The molecule has 17 heteroatoms. The molecule has 2 aliphatic rings. The monoisotopic (exact) mass is 462 g/mol. The van der Waals surface area contributed by atoms with Crippen molar-refractivity contribution in [3.8, 4) is 0 Å². The molecule has 0 spiro atoms. The molecule has 168 valence electrons. The van der Waals surface area contributed by atoms with Gasteiger partial charge in [0.05, 0.1) is 13.2 Å². The smallest absolute Gasteiger partial charge is 0.726 e. The third-order valence-corrected chi connectivity index (χ3v) is 4.08. The van der Waals surface area contributed by atoms with Crippen molar-refractivity contribution >= 4 is 10.4 Å². The van der Waals surface area contributed by atoms with Crippen LogP contribution in [0.15, 0.2) is 0 Å². The van der Waals surface area contributed by atoms with E-state index >= 15 is 0 Å². The summed E-state index contributed by atoms with van der Waals surface area (Å²) < 4.78 is 48.1. The molecule has 29 heavy (non-hydrogen) atoms. The van der Waals surface area contributed by atoms with Gasteiger partial charge in [0.1, 0.15) is 49.3 Å². The molecule has 0 aliphatic carbocycles. The molecule has 0 aromatic heterocycles. The Bertz CT molecular complexity index is 584. The molecule has 0 radical (unpaired) electrons. The van der Waals surface area contributed by atoms with E-state index in [4.69, 9.17) is 41.9 Å². The minimum atomic E-state index is -4.92. The topological polar surface area (TPSA) is 267 Å². The number of rotatable bonds is 5. The maximum absolute atomic E-state index is 10.00. The number of ether oxygens (including phenoxy) is 3. The van der Waals surface area contributed by atoms with Crippen LogP contribution in [0.1, 0.15) is 0 Å². The average molecular weight is 462 g/mol. The van der Waals surface area contributed by atoms with E-state index in [0.717, 1.165) is 0 Å². The molecule has 2 heterocycles. The van der Waals surface area contributed by atoms with Crippen molar-refractivity contribution in [2.24, 2.45) is 0 Å². The van der Waals surface area contributed by atoms with E-state index in [1.54, 1.807) is 0 Å². The summed E-state index contributed by atoms with van der Waals surface area (Å²) in [6.07, 6.45) is -12.7. The molecule has 2 saturated heterocycles. The Labute approximate surface area is 186 Å². The molecule has 0 aromatic carbocycles. The normalized spacial score (nSPS) is 42.6. The van der Waals surface area contributed by atoms with E-state index in [1.807, 2.05) is 0 Å². The number of aliphatic hydroxyl groups excluding tert-OH is 8. The third-order valence-electron chi connectivity index (χ3n) is 4.08. The maximum Gasteiger partial charge on any atom is 1.00 e. The van der Waals surface area contributed by atoms with Crippen LogP contribution in [-0.4, -0.2) is 133 Å². The van der Waals surface area contributed by atoms with Gasteiger partial charge < -0.3 is 59.6 Å². The van der Waals surface area contributed by atoms with Gasteiger partial charge in [0, 0.05) is 0 Å². The van der Waals surface area contributed by atoms with E-state index < -0.39 is 85.0 Å². The molecule has 15 nitrogen and oxygen atoms in total. The zero-order valence-electron chi connectivity index (χ0n) is 15.1. The van der Waals surface area contributed by atoms with Crippen LogP contribution in [0.2, 0.25) is 0 Å². The van der Waals surface area contributed by atoms with Crippen LogP contribution in [0.5, 0.6) is 0 Å². The van der Waals surface area contributed by atoms with Crippen LogP contribution in [0.3, 0.4) is 0 Å². The largest absolute Gasteiger partial charge is 1.00 e. The van der Waals surface area contributed by atoms with Crippen LogP contribution in [-0.2, 0) is 24.6 Å². The quantitative estimate of drug-likeness (QED) is 0.104. The van der Waals surface area contributed by atoms with E-state index in [9.17, 15) is 30.6 Å². The van der Waals surface area contributed by atoms with Crippen molar-refractivity contribution in [2.45, 2.75) is 54.8 Å². The van der Waals surface area contributed by atoms with Gasteiger partial charge in [-0.05, 0) is 0 Å². The van der Waals surface area contributed by atoms with E-state index in [0.29, 0.717) is 0 Å². The van der Waals surface area contributed by atoms with Crippen LogP contribution in [0.4, 0.5) is 0 Å². The van der Waals surface area contributed by atoms with Gasteiger partial charge in [0.25, 0.3) is 0 Å². The molecule has 2 rings (SSSR count). The fraction of sp³-hybridized carbons (Fsp3) is 1.00. The van der Waals surface area contributed by atoms with E-state index in [1.165, 1.54) is 0 Å². The molecule has 0 bridgehead atoms. The van der Waals surface area contributed by atoms with Gasteiger partial charge in [0.2, 0.25) is 16.2 Å². The number of aliphatic hydroxyl groups is 8. The summed E-state index contributed by atoms with van der Waals surface area (Å²) >= 11 is 0. The summed E-state index contributed by atoms with van der Waals surface area (Å²) in [5.74, 6) is -2.24. The Morgan fingerprint density at radius 2 is 1.41 bits per heavy atom. The fourth-order valence-corrected chi connectivity index (χ4v) is 2.70. The first-order valence-electron chi connectivity index (χ1n) is 7.73. The fourth-order valence-electron chi connectivity index (χ4n) is 2.70. The first-order chi connectivity index (χ1) is 12.8. The van der Waals surface area contributed by atoms with Crippen molar-refractivity contribution in [3.05, 3.63) is 0 Å². The van der Waals surface area contributed by atoms with Gasteiger partial charge in [-0.1, -0.05) is 0 Å². The predicted octanol–water partition coefficient (Wildman–Crippen LogP) is -9.39. The van der Waals surface area contributed by atoms with Crippen LogP contribution in [0.25, 0.3) is 0 Å². The number of hydrogen-bond donors (Lipinski definition) is 9. The molecule has 0 amide bonds. The van der Waals surface area contributed by atoms with Gasteiger partial charge in [-0.2, -0.15) is 0 Å². The molecular formula is C12H23NaO15S. The second kappa shape index (κ2) is 11.9. The minimum absolute atomic E-state index is 0. The molecule has 0 aromatic rings. The molecule has 9 N–H and O–H groups in total. The second-order valence-electron chi connectivity index (χ2n) is 5.98. The first kappa shape index (κ1) is 29.4. The molecule has 1 unspecified atom stereocenters. The Balaban J connectivity index is 0.00000117. The van der Waals surface area contributed by atoms with Crippen molar-refractivity contribution in [3.63, 3.8) is 0 Å². The van der Waals surface area contributed by atoms with Crippen molar-refractivity contribution in [2.75, 3.05) is 19.8 Å². The van der Waals surface area contributed by atoms with Crippen molar-refractivity contribution in [1.82, 2.24) is 0 Å². The van der Waals surface area contributed by atoms with Gasteiger partial charge in [-0.15, -0.1) is 0 Å². The Kier molecular flexibility index (Phi) is 12.1. The van der Waals surface area contributed by atoms with E-state index in [2.05, 4.69) is 0 Å². The standard InChI is InChI=1S/C12H22O11.Na.H2O4S/c13-1-4-6(16)8(18)9(11(20)21-4)23-12(3-15)10(19)7(17)5(2-14)22-12;;1-5(2,3)4/h4-11,13-20H,1-3H2;;(H2,1,2,3,4)/q;+1;/p-1/t4-,5-,6-,7-,8+,9-,10+,11?,12-;;/m1../s1. The zero-order chi connectivity index (χ0) is 21.9. The van der Waals surface area contributed by atoms with Gasteiger partial charge in [-0.3, -0.25) is 4.55 Å². The second-order valence-corrected chi connectivity index (χ2v) is 6.84. The molecular weight excluding hydrogens is 439 g/mol. The van der Waals surface area contributed by atoms with E-state index in [-0.39, 0.29) is 29.6 Å². The van der Waals surface area contributed by atoms with Crippen LogP contribution >= 0.6 is 0 Å². The summed E-state index contributed by atoms with van der Waals surface area (Å²) in [7, 11) is -4.92. The Morgan fingerprint density at radius 3 is 1.79 bits per heavy atom. The summed E-state index contributed by atoms with van der Waals surface area (Å²) in [6.45, 7) is -2.32. The third kappa shape index (κ3) is 7.51. The van der Waals surface area contributed by atoms with Crippen molar-refractivity contribution in [1.29, 1.82) is 0 Å². The number of hydrogen-bond acceptors (Lipinski definition) is 14. The molecule has 2 aliphatic heterocycles. The predicted molar refractivity (Wildman–Crippen MR) is 81.0 cm³/mol. The summed E-state index contributed by atoms with van der Waals surface area (Å²) in [6, 6.07) is 0. The Hall–Kier alpha value is 0.430. The summed E-state index contributed by atoms with van der Waals surface area (Å²) in [5.41, 5.74) is 0. The van der Waals surface area contributed by atoms with Gasteiger partial charge in [0.15, 0.2) is 6.29 Å². The van der Waals surface area contributed by atoms with Crippen LogP contribution in [0, 0.1) is 0 Å². The maximum atomic E-state index is 10.00. The molecule has 0 saturated carbocycles. The summed E-state index contributed by atoms with van der Waals surface area (Å²) in [5, 5.41) is 76.9. The first-order valence-corrected chi connectivity index (χ1v) is 9.10. The Morgan fingerprint density at radius 1 is 0.931 bits per heavy atom. The molecule has 2 fully saturated rings. The van der Waals surface area contributed by atoms with Crippen LogP contribution < -0.4 is 29.6 Å². The van der Waals surface area contributed by atoms with Gasteiger partial charge in [-0.25, -0.2) is 8.42 Å². The summed E-state index contributed by atoms with van der Waals surface area (Å²) in [4.78, 5) is 0.